The van der Waals surface area contributed by atoms with E-state index >= 15 is 0 Å². The van der Waals surface area contributed by atoms with E-state index in [1.807, 2.05) is 0 Å². The molecule has 4 rings (SSSR count). The minimum atomic E-state index is -2.89. The maximum atomic E-state index is 13.3. The maximum Gasteiger partial charge on any atom is 0.314 e. The van der Waals surface area contributed by atoms with Crippen LogP contribution in [-0.4, -0.2) is 21.1 Å². The molecule has 0 fully saturated rings. The summed E-state index contributed by atoms with van der Waals surface area (Å²) in [4.78, 5) is 12.6. The molecule has 0 saturated carbocycles. The van der Waals surface area contributed by atoms with E-state index in [1.54, 1.807) is 12.1 Å². The molecule has 27 heavy (non-hydrogen) atoms. The van der Waals surface area contributed by atoms with Crippen molar-refractivity contribution in [2.24, 2.45) is 0 Å². The number of carbonyl (C=O) groups is 1. The molecule has 1 amide bonds. The van der Waals surface area contributed by atoms with Crippen molar-refractivity contribution in [3.63, 3.8) is 0 Å². The average Bonchev–Trinajstić information content (AvgIpc) is 3.24. The van der Waals surface area contributed by atoms with Gasteiger partial charge in [-0.2, -0.15) is 8.78 Å². The summed E-state index contributed by atoms with van der Waals surface area (Å²) in [5.74, 6) is -3.40. The number of fused-ring (bicyclic) bond motifs is 1. The van der Waals surface area contributed by atoms with Gasteiger partial charge in [-0.25, -0.2) is 13.8 Å². The first-order valence-corrected chi connectivity index (χ1v) is 7.71. The van der Waals surface area contributed by atoms with Gasteiger partial charge in [0.25, 0.3) is 11.8 Å². The molecule has 138 valence electrons. The fourth-order valence-electron chi connectivity index (χ4n) is 2.69. The van der Waals surface area contributed by atoms with Crippen LogP contribution in [0.25, 0.3) is 11.5 Å². The van der Waals surface area contributed by atoms with Crippen molar-refractivity contribution < 1.29 is 26.8 Å². The second kappa shape index (κ2) is 6.38. The monoisotopic (exact) mass is 378 g/mol. The number of aromatic nitrogens is 2. The summed E-state index contributed by atoms with van der Waals surface area (Å²) >= 11 is 0. The van der Waals surface area contributed by atoms with Gasteiger partial charge >= 0.3 is 6.43 Å². The summed E-state index contributed by atoms with van der Waals surface area (Å²) in [6.07, 6.45) is -2.89. The van der Waals surface area contributed by atoms with Crippen LogP contribution in [0.15, 0.2) is 40.8 Å². The summed E-state index contributed by atoms with van der Waals surface area (Å²) in [5.41, 5.74) is 4.19. The van der Waals surface area contributed by atoms with Crippen molar-refractivity contribution in [3.05, 3.63) is 65.1 Å². The van der Waals surface area contributed by atoms with Gasteiger partial charge in [0, 0.05) is 17.2 Å². The van der Waals surface area contributed by atoms with Gasteiger partial charge in [-0.3, -0.25) is 10.2 Å². The van der Waals surface area contributed by atoms with Crippen LogP contribution in [-0.2, 0) is 6.54 Å². The van der Waals surface area contributed by atoms with E-state index in [9.17, 15) is 22.4 Å². The number of rotatable bonds is 4. The molecule has 3 aromatic rings. The van der Waals surface area contributed by atoms with Crippen molar-refractivity contribution in [2.75, 3.05) is 5.43 Å². The maximum absolute atomic E-state index is 13.3. The number of halogens is 4. The zero-order valence-corrected chi connectivity index (χ0v) is 13.4. The van der Waals surface area contributed by atoms with Gasteiger partial charge in [-0.15, -0.1) is 10.2 Å². The fraction of sp³-hybridized carbons (Fsp3) is 0.118. The number of nitrogens with zero attached hydrogens (tertiary/aromatic N) is 3. The van der Waals surface area contributed by atoms with E-state index in [4.69, 9.17) is 4.42 Å². The number of hydrogen-bond donors (Lipinski definition) is 1. The molecular weight excluding hydrogens is 368 g/mol. The standard InChI is InChI=1S/C17H10F4N4O2/c18-12-4-3-10(6-13(12)19)24-25-7-9-2-1-8(5-11(9)17(25)26)15-22-23-16(27-15)14(20)21/h1-6,14,24H,7H2. The number of nitrogens with one attached hydrogen (secondary N) is 1. The van der Waals surface area contributed by atoms with E-state index in [0.717, 1.165) is 12.1 Å². The Morgan fingerprint density at radius 2 is 1.89 bits per heavy atom. The molecule has 6 nitrogen and oxygen atoms in total. The van der Waals surface area contributed by atoms with Gasteiger partial charge in [0.1, 0.15) is 0 Å². The summed E-state index contributed by atoms with van der Waals surface area (Å²) in [5, 5.41) is 8.02. The molecule has 0 spiro atoms. The highest BCUT2D eigenvalue weighted by Crippen LogP contribution is 2.29. The quantitative estimate of drug-likeness (QED) is 0.697. The molecule has 0 atom stereocenters. The van der Waals surface area contributed by atoms with Gasteiger partial charge in [0.2, 0.25) is 5.89 Å². The fourth-order valence-corrected chi connectivity index (χ4v) is 2.69. The van der Waals surface area contributed by atoms with Crippen molar-refractivity contribution in [3.8, 4) is 11.5 Å². The Bertz CT molecular complexity index is 1040. The summed E-state index contributed by atoms with van der Waals surface area (Å²) in [6.45, 7) is 0.180. The third kappa shape index (κ3) is 3.09. The van der Waals surface area contributed by atoms with Crippen molar-refractivity contribution in [1.29, 1.82) is 0 Å². The topological polar surface area (TPSA) is 71.3 Å². The van der Waals surface area contributed by atoms with Crippen LogP contribution in [0.3, 0.4) is 0 Å². The first-order chi connectivity index (χ1) is 12.9. The van der Waals surface area contributed by atoms with Crippen LogP contribution >= 0.6 is 0 Å². The SMILES string of the molecule is O=C1c2cc(-c3nnc(C(F)F)o3)ccc2CN1Nc1ccc(F)c(F)c1. The van der Waals surface area contributed by atoms with Crippen molar-refractivity contribution in [2.45, 2.75) is 13.0 Å². The molecule has 2 heterocycles. The van der Waals surface area contributed by atoms with Crippen LogP contribution < -0.4 is 5.43 Å². The Kier molecular flexibility index (Phi) is 4.02. The average molecular weight is 378 g/mol. The van der Waals surface area contributed by atoms with E-state index in [-0.39, 0.29) is 18.1 Å². The molecule has 1 N–H and O–H groups in total. The number of benzene rings is 2. The van der Waals surface area contributed by atoms with Gasteiger partial charge in [0.15, 0.2) is 11.6 Å². The molecule has 1 aromatic heterocycles. The molecule has 0 aliphatic carbocycles. The molecular formula is C17H10F4N4O2. The van der Waals surface area contributed by atoms with Crippen molar-refractivity contribution >= 4 is 11.6 Å². The summed E-state index contributed by atoms with van der Waals surface area (Å²) in [7, 11) is 0. The van der Waals surface area contributed by atoms with Gasteiger partial charge in [-0.05, 0) is 29.8 Å². The molecule has 10 heteroatoms. The largest absolute Gasteiger partial charge is 0.415 e. The van der Waals surface area contributed by atoms with Gasteiger partial charge in [0.05, 0.1) is 12.2 Å². The van der Waals surface area contributed by atoms with E-state index in [1.165, 1.54) is 17.1 Å². The van der Waals surface area contributed by atoms with E-state index < -0.39 is 29.9 Å². The lowest BCUT2D eigenvalue weighted by Crippen LogP contribution is -2.30. The number of carbonyl (C=O) groups excluding carboxylic acids is 1. The Hall–Kier alpha value is -3.43. The predicted octanol–water partition coefficient (Wildman–Crippen LogP) is 3.94. The predicted molar refractivity (Wildman–Crippen MR) is 84.5 cm³/mol. The molecule has 2 aromatic carbocycles. The zero-order chi connectivity index (χ0) is 19.1. The van der Waals surface area contributed by atoms with Crippen LogP contribution in [0.5, 0.6) is 0 Å². The van der Waals surface area contributed by atoms with Crippen LogP contribution in [0.2, 0.25) is 0 Å². The highest BCUT2D eigenvalue weighted by atomic mass is 19.3. The molecule has 0 unspecified atom stereocenters. The first-order valence-electron chi connectivity index (χ1n) is 7.71. The number of anilines is 1. The lowest BCUT2D eigenvalue weighted by Gasteiger charge is -2.18. The Balaban J connectivity index is 1.57. The van der Waals surface area contributed by atoms with Crippen LogP contribution in [0, 0.1) is 11.6 Å². The smallest absolute Gasteiger partial charge is 0.314 e. The minimum Gasteiger partial charge on any atom is -0.415 e. The molecule has 0 bridgehead atoms. The second-order valence-corrected chi connectivity index (χ2v) is 5.75. The Labute approximate surface area is 149 Å². The summed E-state index contributed by atoms with van der Waals surface area (Å²) < 4.78 is 56.4. The lowest BCUT2D eigenvalue weighted by atomic mass is 10.1. The van der Waals surface area contributed by atoms with Crippen molar-refractivity contribution in [1.82, 2.24) is 15.2 Å². The normalized spacial score (nSPS) is 13.4. The Morgan fingerprint density at radius 1 is 1.07 bits per heavy atom. The zero-order valence-electron chi connectivity index (χ0n) is 13.4. The third-order valence-electron chi connectivity index (χ3n) is 3.97. The first kappa shape index (κ1) is 17.0. The molecule has 1 aliphatic heterocycles. The van der Waals surface area contributed by atoms with Gasteiger partial charge < -0.3 is 4.42 Å². The number of amides is 1. The highest BCUT2D eigenvalue weighted by Gasteiger charge is 2.29. The summed E-state index contributed by atoms with van der Waals surface area (Å²) in [6, 6.07) is 7.82. The highest BCUT2D eigenvalue weighted by molar-refractivity contribution is 6.00. The number of hydrazine groups is 1. The van der Waals surface area contributed by atoms with Gasteiger partial charge in [-0.1, -0.05) is 6.07 Å². The van der Waals surface area contributed by atoms with E-state index in [0.29, 0.717) is 16.7 Å². The minimum absolute atomic E-state index is 0.132. The lowest BCUT2D eigenvalue weighted by molar-refractivity contribution is 0.0814. The molecule has 0 radical (unpaired) electrons. The number of alkyl halides is 2. The Morgan fingerprint density at radius 3 is 2.59 bits per heavy atom. The molecule has 0 saturated heterocycles. The van der Waals surface area contributed by atoms with Crippen LogP contribution in [0.1, 0.15) is 28.2 Å². The van der Waals surface area contributed by atoms with E-state index in [2.05, 4.69) is 15.6 Å². The third-order valence-corrected chi connectivity index (χ3v) is 3.97. The second-order valence-electron chi connectivity index (χ2n) is 5.75. The number of hydrogen-bond acceptors (Lipinski definition) is 5. The van der Waals surface area contributed by atoms with Crippen LogP contribution in [0.4, 0.5) is 23.2 Å². The molecule has 1 aliphatic rings.